The van der Waals surface area contributed by atoms with Gasteiger partial charge in [-0.3, -0.25) is 10.1 Å². The van der Waals surface area contributed by atoms with E-state index in [2.05, 4.69) is 5.32 Å². The molecule has 1 aromatic rings. The summed E-state index contributed by atoms with van der Waals surface area (Å²) in [6, 6.07) is 7.70. The number of carboxylic acid groups (broad SMARTS) is 1. The van der Waals surface area contributed by atoms with Gasteiger partial charge in [-0.1, -0.05) is 32.0 Å². The molecule has 0 unspecified atom stereocenters. The lowest BCUT2D eigenvalue weighted by atomic mass is 9.92. The molecule has 0 spiro atoms. The molecule has 1 aromatic carbocycles. The molecule has 0 amide bonds. The Kier molecular flexibility index (Phi) is 5.83. The van der Waals surface area contributed by atoms with Gasteiger partial charge in [0.1, 0.15) is 11.3 Å². The van der Waals surface area contributed by atoms with Crippen LogP contribution < -0.4 is 10.1 Å². The first-order chi connectivity index (χ1) is 9.09. The van der Waals surface area contributed by atoms with Gasteiger partial charge in [-0.05, 0) is 25.8 Å². The van der Waals surface area contributed by atoms with Crippen molar-refractivity contribution in [3.8, 4) is 5.75 Å². The topological polar surface area (TPSA) is 58.6 Å². The van der Waals surface area contributed by atoms with Crippen molar-refractivity contribution in [3.63, 3.8) is 0 Å². The van der Waals surface area contributed by atoms with E-state index in [4.69, 9.17) is 4.74 Å². The Bertz CT molecular complexity index is 414. The van der Waals surface area contributed by atoms with Gasteiger partial charge in [-0.2, -0.15) is 0 Å². The summed E-state index contributed by atoms with van der Waals surface area (Å²) in [5.74, 6) is 0.00962. The van der Waals surface area contributed by atoms with Crippen LogP contribution in [0, 0.1) is 0 Å². The minimum absolute atomic E-state index is 0.490. The highest BCUT2D eigenvalue weighted by molar-refractivity contribution is 5.78. The lowest BCUT2D eigenvalue weighted by molar-refractivity contribution is -0.145. The van der Waals surface area contributed by atoms with Crippen LogP contribution in [0.25, 0.3) is 0 Å². The van der Waals surface area contributed by atoms with Crippen molar-refractivity contribution in [1.82, 2.24) is 5.32 Å². The van der Waals surface area contributed by atoms with Gasteiger partial charge in [0.2, 0.25) is 0 Å². The zero-order chi connectivity index (χ0) is 14.3. The van der Waals surface area contributed by atoms with Crippen molar-refractivity contribution in [2.45, 2.75) is 45.7 Å². The Hall–Kier alpha value is -1.55. The van der Waals surface area contributed by atoms with Crippen molar-refractivity contribution in [2.75, 3.05) is 6.61 Å². The van der Waals surface area contributed by atoms with E-state index in [0.717, 1.165) is 11.3 Å². The number of hydrogen-bond donors (Lipinski definition) is 2. The van der Waals surface area contributed by atoms with E-state index < -0.39 is 11.5 Å². The molecule has 0 aliphatic carbocycles. The molecule has 0 aliphatic rings. The molecule has 4 heteroatoms. The number of rotatable bonds is 8. The third-order valence-corrected chi connectivity index (χ3v) is 3.51. The Morgan fingerprint density at radius 2 is 1.89 bits per heavy atom. The van der Waals surface area contributed by atoms with Crippen LogP contribution in [0.4, 0.5) is 0 Å². The molecule has 0 radical (unpaired) electrons. The predicted octanol–water partition coefficient (Wildman–Crippen LogP) is 2.82. The van der Waals surface area contributed by atoms with Gasteiger partial charge in [0.15, 0.2) is 0 Å². The molecule has 4 nitrogen and oxygen atoms in total. The second-order valence-electron chi connectivity index (χ2n) is 4.49. The number of aliphatic carboxylic acids is 1. The highest BCUT2D eigenvalue weighted by atomic mass is 16.5. The fourth-order valence-electron chi connectivity index (χ4n) is 2.09. The van der Waals surface area contributed by atoms with Crippen LogP contribution in [0.2, 0.25) is 0 Å². The van der Waals surface area contributed by atoms with E-state index in [9.17, 15) is 9.90 Å². The molecule has 106 valence electrons. The van der Waals surface area contributed by atoms with Crippen LogP contribution >= 0.6 is 0 Å². The normalized spacial score (nSPS) is 11.3. The summed E-state index contributed by atoms with van der Waals surface area (Å²) in [5, 5.41) is 12.5. The van der Waals surface area contributed by atoms with Gasteiger partial charge >= 0.3 is 5.97 Å². The first kappa shape index (κ1) is 15.5. The molecule has 1 rings (SSSR count). The Balaban J connectivity index is 2.82. The van der Waals surface area contributed by atoms with Gasteiger partial charge in [0.05, 0.1) is 6.61 Å². The first-order valence-corrected chi connectivity index (χ1v) is 6.78. The molecule has 0 heterocycles. The zero-order valence-corrected chi connectivity index (χ0v) is 11.9. The maximum Gasteiger partial charge on any atom is 0.323 e. The number of nitrogens with one attached hydrogen (secondary N) is 1. The van der Waals surface area contributed by atoms with Crippen LogP contribution in [0.15, 0.2) is 24.3 Å². The summed E-state index contributed by atoms with van der Waals surface area (Å²) in [6.07, 6.45) is 1.10. The molecule has 0 fully saturated rings. The Morgan fingerprint density at radius 1 is 1.26 bits per heavy atom. The summed E-state index contributed by atoms with van der Waals surface area (Å²) in [5.41, 5.74) is 0.121. The largest absolute Gasteiger partial charge is 0.494 e. The second-order valence-corrected chi connectivity index (χ2v) is 4.49. The summed E-state index contributed by atoms with van der Waals surface area (Å²) in [7, 11) is 0. The van der Waals surface area contributed by atoms with E-state index in [1.54, 1.807) is 0 Å². The van der Waals surface area contributed by atoms with Crippen LogP contribution in [0.5, 0.6) is 5.75 Å². The zero-order valence-electron chi connectivity index (χ0n) is 11.9. The minimum Gasteiger partial charge on any atom is -0.494 e. The number of carbonyl (C=O) groups is 1. The summed E-state index contributed by atoms with van der Waals surface area (Å²) < 4.78 is 5.54. The third-order valence-electron chi connectivity index (χ3n) is 3.51. The van der Waals surface area contributed by atoms with Gasteiger partial charge in [0, 0.05) is 12.1 Å². The molecule has 0 saturated heterocycles. The monoisotopic (exact) mass is 265 g/mol. The van der Waals surface area contributed by atoms with E-state index in [1.165, 1.54) is 0 Å². The average Bonchev–Trinajstić information content (AvgIpc) is 2.42. The van der Waals surface area contributed by atoms with E-state index in [0.29, 0.717) is 26.0 Å². The van der Waals surface area contributed by atoms with Crippen LogP contribution in [-0.4, -0.2) is 23.2 Å². The molecular formula is C15H23NO3. The predicted molar refractivity (Wildman–Crippen MR) is 75.4 cm³/mol. The molecule has 0 saturated carbocycles. The molecule has 0 aromatic heterocycles. The van der Waals surface area contributed by atoms with E-state index in [-0.39, 0.29) is 0 Å². The highest BCUT2D eigenvalue weighted by Crippen LogP contribution is 2.21. The third kappa shape index (κ3) is 3.70. The van der Waals surface area contributed by atoms with Crippen molar-refractivity contribution < 1.29 is 14.6 Å². The van der Waals surface area contributed by atoms with Crippen molar-refractivity contribution in [2.24, 2.45) is 0 Å². The number of ether oxygens (including phenoxy) is 1. The Labute approximate surface area is 114 Å². The van der Waals surface area contributed by atoms with Crippen LogP contribution in [-0.2, 0) is 11.3 Å². The van der Waals surface area contributed by atoms with Crippen LogP contribution in [0.1, 0.15) is 39.2 Å². The number of benzene rings is 1. The molecule has 2 N–H and O–H groups in total. The molecule has 19 heavy (non-hydrogen) atoms. The maximum atomic E-state index is 11.4. The molecule has 0 aliphatic heterocycles. The lowest BCUT2D eigenvalue weighted by Gasteiger charge is -2.28. The first-order valence-electron chi connectivity index (χ1n) is 6.78. The SMILES string of the molecule is CCOc1ccccc1CNC(CC)(CC)C(=O)O. The average molecular weight is 265 g/mol. The molecule has 0 atom stereocenters. The number of para-hydroxylation sites is 1. The standard InChI is InChI=1S/C15H23NO3/c1-4-15(5-2,14(17)18)16-11-12-9-7-8-10-13(12)19-6-3/h7-10,16H,4-6,11H2,1-3H3,(H,17,18). The minimum atomic E-state index is -0.862. The molecular weight excluding hydrogens is 242 g/mol. The summed E-state index contributed by atoms with van der Waals surface area (Å²) in [4.78, 5) is 11.4. The van der Waals surface area contributed by atoms with Gasteiger partial charge in [0.25, 0.3) is 0 Å². The fourth-order valence-corrected chi connectivity index (χ4v) is 2.09. The van der Waals surface area contributed by atoms with Gasteiger partial charge in [-0.25, -0.2) is 0 Å². The number of hydrogen-bond acceptors (Lipinski definition) is 3. The smallest absolute Gasteiger partial charge is 0.323 e. The summed E-state index contributed by atoms with van der Waals surface area (Å²) >= 11 is 0. The van der Waals surface area contributed by atoms with Gasteiger partial charge in [-0.15, -0.1) is 0 Å². The maximum absolute atomic E-state index is 11.4. The summed E-state index contributed by atoms with van der Waals surface area (Å²) in [6.45, 7) is 6.80. The van der Waals surface area contributed by atoms with Gasteiger partial charge < -0.3 is 9.84 Å². The van der Waals surface area contributed by atoms with Crippen LogP contribution in [0.3, 0.4) is 0 Å². The highest BCUT2D eigenvalue weighted by Gasteiger charge is 2.34. The van der Waals surface area contributed by atoms with Crippen molar-refractivity contribution in [3.05, 3.63) is 29.8 Å². The van der Waals surface area contributed by atoms with Crippen molar-refractivity contribution >= 4 is 5.97 Å². The Morgan fingerprint density at radius 3 is 2.42 bits per heavy atom. The lowest BCUT2D eigenvalue weighted by Crippen LogP contribution is -2.50. The second kappa shape index (κ2) is 7.14. The fraction of sp³-hybridized carbons (Fsp3) is 0.533. The number of carboxylic acids is 1. The molecule has 0 bridgehead atoms. The van der Waals surface area contributed by atoms with E-state index in [1.807, 2.05) is 45.0 Å². The van der Waals surface area contributed by atoms with Crippen molar-refractivity contribution in [1.29, 1.82) is 0 Å². The quantitative estimate of drug-likeness (QED) is 0.759. The van der Waals surface area contributed by atoms with E-state index >= 15 is 0 Å².